The van der Waals surface area contributed by atoms with Gasteiger partial charge in [0.05, 0.1) is 23.9 Å². The van der Waals surface area contributed by atoms with Gasteiger partial charge in [-0.25, -0.2) is 4.98 Å². The number of ether oxygens (including phenoxy) is 1. The van der Waals surface area contributed by atoms with E-state index in [2.05, 4.69) is 27.4 Å². The zero-order valence-electron chi connectivity index (χ0n) is 14.4. The van der Waals surface area contributed by atoms with Crippen LogP contribution >= 0.6 is 11.3 Å². The van der Waals surface area contributed by atoms with Gasteiger partial charge >= 0.3 is 0 Å². The third-order valence-corrected chi connectivity index (χ3v) is 5.24. The van der Waals surface area contributed by atoms with Crippen molar-refractivity contribution in [2.75, 3.05) is 26.7 Å². The first kappa shape index (κ1) is 16.9. The van der Waals surface area contributed by atoms with E-state index in [1.165, 1.54) is 0 Å². The van der Waals surface area contributed by atoms with Gasteiger partial charge in [-0.3, -0.25) is 9.69 Å². The Morgan fingerprint density at radius 2 is 2.08 bits per heavy atom. The van der Waals surface area contributed by atoms with Crippen LogP contribution in [-0.4, -0.2) is 47.4 Å². The normalized spacial score (nSPS) is 18.6. The lowest BCUT2D eigenvalue weighted by atomic mass is 10.0. The van der Waals surface area contributed by atoms with Crippen LogP contribution in [0.15, 0.2) is 29.6 Å². The summed E-state index contributed by atoms with van der Waals surface area (Å²) in [5.74, 6) is 0.957. The summed E-state index contributed by atoms with van der Waals surface area (Å²) in [6.45, 7) is 6.96. The van der Waals surface area contributed by atoms with Crippen molar-refractivity contribution < 1.29 is 9.53 Å². The molecule has 3 rings (SSSR count). The SMILES string of the molecule is COc1ccc(C2CN(Cc3csc(C)n3)CCN2C(C)=O)cc1. The number of nitrogens with zero attached hydrogens (tertiary/aromatic N) is 3. The fraction of sp³-hybridized carbons (Fsp3) is 0.444. The van der Waals surface area contributed by atoms with E-state index in [1.54, 1.807) is 25.4 Å². The zero-order chi connectivity index (χ0) is 17.1. The molecule has 128 valence electrons. The molecule has 2 heterocycles. The van der Waals surface area contributed by atoms with Crippen molar-refractivity contribution in [1.82, 2.24) is 14.8 Å². The van der Waals surface area contributed by atoms with Gasteiger partial charge in [-0.15, -0.1) is 11.3 Å². The van der Waals surface area contributed by atoms with Gasteiger partial charge < -0.3 is 9.64 Å². The Bertz CT molecular complexity index is 699. The average Bonchev–Trinajstić information content (AvgIpc) is 2.99. The lowest BCUT2D eigenvalue weighted by Gasteiger charge is -2.41. The van der Waals surface area contributed by atoms with Crippen molar-refractivity contribution >= 4 is 17.2 Å². The monoisotopic (exact) mass is 345 g/mol. The summed E-state index contributed by atoms with van der Waals surface area (Å²) in [7, 11) is 1.66. The molecule has 1 aliphatic rings. The van der Waals surface area contributed by atoms with E-state index in [1.807, 2.05) is 24.0 Å². The van der Waals surface area contributed by atoms with Gasteiger partial charge in [0.25, 0.3) is 0 Å². The van der Waals surface area contributed by atoms with Crippen LogP contribution < -0.4 is 4.74 Å². The van der Waals surface area contributed by atoms with E-state index in [0.717, 1.165) is 48.2 Å². The zero-order valence-corrected chi connectivity index (χ0v) is 15.2. The second kappa shape index (κ2) is 7.32. The number of aryl methyl sites for hydroxylation is 1. The summed E-state index contributed by atoms with van der Waals surface area (Å²) in [5, 5.41) is 3.22. The Kier molecular flexibility index (Phi) is 5.16. The molecule has 0 aliphatic carbocycles. The van der Waals surface area contributed by atoms with Gasteiger partial charge in [-0.05, 0) is 24.6 Å². The van der Waals surface area contributed by atoms with E-state index in [-0.39, 0.29) is 11.9 Å². The number of thiazole rings is 1. The minimum Gasteiger partial charge on any atom is -0.497 e. The standard InChI is InChI=1S/C18H23N3O2S/c1-13-19-16(12-24-13)10-20-8-9-21(14(2)22)18(11-20)15-4-6-17(23-3)7-5-15/h4-7,12,18H,8-11H2,1-3H3. The first-order chi connectivity index (χ1) is 11.6. The highest BCUT2D eigenvalue weighted by Gasteiger charge is 2.30. The molecule has 1 aromatic carbocycles. The molecule has 1 amide bonds. The van der Waals surface area contributed by atoms with E-state index >= 15 is 0 Å². The Morgan fingerprint density at radius 3 is 2.67 bits per heavy atom. The number of methoxy groups -OCH3 is 1. The Labute approximate surface area is 146 Å². The topological polar surface area (TPSA) is 45.7 Å². The second-order valence-electron chi connectivity index (χ2n) is 6.09. The molecule has 5 nitrogen and oxygen atoms in total. The van der Waals surface area contributed by atoms with Crippen molar-refractivity contribution in [3.8, 4) is 5.75 Å². The summed E-state index contributed by atoms with van der Waals surface area (Å²) in [4.78, 5) is 20.9. The fourth-order valence-electron chi connectivity index (χ4n) is 3.18. The smallest absolute Gasteiger partial charge is 0.220 e. The Hall–Kier alpha value is -1.92. The van der Waals surface area contributed by atoms with Crippen LogP contribution in [0, 0.1) is 6.92 Å². The minimum atomic E-state index is 0.0712. The quantitative estimate of drug-likeness (QED) is 0.855. The van der Waals surface area contributed by atoms with Crippen LogP contribution in [0.25, 0.3) is 0 Å². The number of hydrogen-bond acceptors (Lipinski definition) is 5. The van der Waals surface area contributed by atoms with Crippen LogP contribution in [-0.2, 0) is 11.3 Å². The molecule has 0 spiro atoms. The maximum Gasteiger partial charge on any atom is 0.220 e. The molecular weight excluding hydrogens is 322 g/mol. The first-order valence-corrected chi connectivity index (χ1v) is 8.99. The number of piperazine rings is 1. The number of amides is 1. The number of rotatable bonds is 4. The van der Waals surface area contributed by atoms with E-state index < -0.39 is 0 Å². The number of carbonyl (C=O) groups excluding carboxylic acids is 1. The summed E-state index contributed by atoms with van der Waals surface area (Å²) in [6.07, 6.45) is 0. The Morgan fingerprint density at radius 1 is 1.33 bits per heavy atom. The summed E-state index contributed by atoms with van der Waals surface area (Å²) in [6, 6.07) is 8.08. The molecule has 0 saturated carbocycles. The maximum atomic E-state index is 12.0. The summed E-state index contributed by atoms with van der Waals surface area (Å²) >= 11 is 1.68. The molecular formula is C18H23N3O2S. The molecule has 1 atom stereocenters. The van der Waals surface area contributed by atoms with Gasteiger partial charge in [0, 0.05) is 38.5 Å². The van der Waals surface area contributed by atoms with Gasteiger partial charge in [0.2, 0.25) is 5.91 Å². The third-order valence-electron chi connectivity index (χ3n) is 4.42. The van der Waals surface area contributed by atoms with Crippen LogP contribution in [0.1, 0.15) is 29.2 Å². The highest BCUT2D eigenvalue weighted by Crippen LogP contribution is 2.28. The lowest BCUT2D eigenvalue weighted by Crippen LogP contribution is -2.49. The predicted molar refractivity (Wildman–Crippen MR) is 95.3 cm³/mol. The van der Waals surface area contributed by atoms with Gasteiger partial charge in [-0.2, -0.15) is 0 Å². The van der Waals surface area contributed by atoms with E-state index in [0.29, 0.717) is 0 Å². The lowest BCUT2D eigenvalue weighted by molar-refractivity contribution is -0.134. The number of hydrogen-bond donors (Lipinski definition) is 0. The molecule has 1 fully saturated rings. The van der Waals surface area contributed by atoms with Crippen LogP contribution in [0.3, 0.4) is 0 Å². The van der Waals surface area contributed by atoms with Crippen LogP contribution in [0.2, 0.25) is 0 Å². The molecule has 6 heteroatoms. The van der Waals surface area contributed by atoms with Crippen molar-refractivity contribution in [2.24, 2.45) is 0 Å². The summed E-state index contributed by atoms with van der Waals surface area (Å²) in [5.41, 5.74) is 2.26. The van der Waals surface area contributed by atoms with Crippen molar-refractivity contribution in [1.29, 1.82) is 0 Å². The van der Waals surface area contributed by atoms with Crippen molar-refractivity contribution in [3.05, 3.63) is 45.9 Å². The van der Waals surface area contributed by atoms with E-state index in [9.17, 15) is 4.79 Å². The molecule has 0 bridgehead atoms. The molecule has 1 aliphatic heterocycles. The largest absolute Gasteiger partial charge is 0.497 e. The highest BCUT2D eigenvalue weighted by molar-refractivity contribution is 7.09. The predicted octanol–water partition coefficient (Wildman–Crippen LogP) is 2.87. The van der Waals surface area contributed by atoms with Gasteiger partial charge in [0.1, 0.15) is 5.75 Å². The maximum absolute atomic E-state index is 12.0. The Balaban J connectivity index is 1.77. The molecule has 1 aromatic heterocycles. The van der Waals surface area contributed by atoms with Gasteiger partial charge in [0.15, 0.2) is 0 Å². The molecule has 24 heavy (non-hydrogen) atoms. The molecule has 0 radical (unpaired) electrons. The molecule has 2 aromatic rings. The fourth-order valence-corrected chi connectivity index (χ4v) is 3.79. The number of aromatic nitrogens is 1. The van der Waals surface area contributed by atoms with Crippen LogP contribution in [0.4, 0.5) is 0 Å². The van der Waals surface area contributed by atoms with Gasteiger partial charge in [-0.1, -0.05) is 12.1 Å². The third kappa shape index (κ3) is 3.76. The summed E-state index contributed by atoms with van der Waals surface area (Å²) < 4.78 is 5.24. The second-order valence-corrected chi connectivity index (χ2v) is 7.16. The molecule has 1 saturated heterocycles. The van der Waals surface area contributed by atoms with E-state index in [4.69, 9.17) is 4.74 Å². The highest BCUT2D eigenvalue weighted by atomic mass is 32.1. The minimum absolute atomic E-state index is 0.0712. The number of benzene rings is 1. The number of carbonyl (C=O) groups is 1. The average molecular weight is 345 g/mol. The molecule has 0 N–H and O–H groups in total. The van der Waals surface area contributed by atoms with Crippen LogP contribution in [0.5, 0.6) is 5.75 Å². The first-order valence-electron chi connectivity index (χ1n) is 8.11. The van der Waals surface area contributed by atoms with Crippen molar-refractivity contribution in [3.63, 3.8) is 0 Å². The van der Waals surface area contributed by atoms with Crippen molar-refractivity contribution in [2.45, 2.75) is 26.4 Å². The molecule has 1 unspecified atom stereocenters.